The van der Waals surface area contributed by atoms with Crippen molar-refractivity contribution in [1.82, 2.24) is 15.6 Å². The number of aliphatic imine (C=N–C) groups is 1. The summed E-state index contributed by atoms with van der Waals surface area (Å²) in [5.74, 6) is 2.38. The predicted octanol–water partition coefficient (Wildman–Crippen LogP) is 3.55. The van der Waals surface area contributed by atoms with E-state index >= 15 is 0 Å². The first-order chi connectivity index (χ1) is 13.2. The van der Waals surface area contributed by atoms with Crippen LogP contribution in [0, 0.1) is 6.92 Å². The molecular weight excluding hydrogens is 360 g/mol. The monoisotopic (exact) mass is 390 g/mol. The molecule has 0 aliphatic rings. The number of methoxy groups -OCH3 is 2. The standard InChI is InChI=1S/C20H30N4O2S/c1-5-21-20(22-11-7-6-8-19-24-15(2)14-27-19)23-13-16-9-10-17(25-3)12-18(16)26-4/h9-10,12,14H,5-8,11,13H2,1-4H3,(H2,21,22,23). The second-order valence-electron chi connectivity index (χ2n) is 6.14. The van der Waals surface area contributed by atoms with Gasteiger partial charge < -0.3 is 20.1 Å². The van der Waals surface area contributed by atoms with Gasteiger partial charge >= 0.3 is 0 Å². The second-order valence-corrected chi connectivity index (χ2v) is 7.08. The molecule has 27 heavy (non-hydrogen) atoms. The van der Waals surface area contributed by atoms with Crippen molar-refractivity contribution in [1.29, 1.82) is 0 Å². The van der Waals surface area contributed by atoms with E-state index in [1.54, 1.807) is 25.6 Å². The molecule has 2 N–H and O–H groups in total. The number of hydrogen-bond donors (Lipinski definition) is 2. The van der Waals surface area contributed by atoms with Gasteiger partial charge in [-0.15, -0.1) is 11.3 Å². The number of aryl methyl sites for hydroxylation is 2. The van der Waals surface area contributed by atoms with E-state index in [-0.39, 0.29) is 0 Å². The summed E-state index contributed by atoms with van der Waals surface area (Å²) in [7, 11) is 3.31. The Morgan fingerprint density at radius 2 is 2.04 bits per heavy atom. The normalized spacial score (nSPS) is 11.3. The van der Waals surface area contributed by atoms with E-state index < -0.39 is 0 Å². The Kier molecular flexibility index (Phi) is 8.91. The molecule has 0 fully saturated rings. The molecule has 0 atom stereocenters. The average molecular weight is 391 g/mol. The number of benzene rings is 1. The van der Waals surface area contributed by atoms with Gasteiger partial charge in [0.1, 0.15) is 11.5 Å². The first-order valence-corrected chi connectivity index (χ1v) is 10.2. The molecule has 0 spiro atoms. The summed E-state index contributed by atoms with van der Waals surface area (Å²) >= 11 is 1.75. The zero-order valence-electron chi connectivity index (χ0n) is 16.7. The number of ether oxygens (including phenoxy) is 2. The molecule has 1 aromatic heterocycles. The molecule has 2 rings (SSSR count). The number of nitrogens with zero attached hydrogens (tertiary/aromatic N) is 2. The Labute approximate surface area is 166 Å². The lowest BCUT2D eigenvalue weighted by Gasteiger charge is -2.12. The Balaban J connectivity index is 1.82. The van der Waals surface area contributed by atoms with Crippen LogP contribution in [0.1, 0.15) is 36.0 Å². The highest BCUT2D eigenvalue weighted by Crippen LogP contribution is 2.25. The second kappa shape index (κ2) is 11.4. The van der Waals surface area contributed by atoms with Crippen molar-refractivity contribution in [2.24, 2.45) is 4.99 Å². The van der Waals surface area contributed by atoms with Crippen molar-refractivity contribution in [3.63, 3.8) is 0 Å². The van der Waals surface area contributed by atoms with Gasteiger partial charge in [0.15, 0.2) is 5.96 Å². The Hall–Kier alpha value is -2.28. The van der Waals surface area contributed by atoms with E-state index in [0.717, 1.165) is 61.1 Å². The summed E-state index contributed by atoms with van der Waals surface area (Å²) in [4.78, 5) is 9.18. The van der Waals surface area contributed by atoms with E-state index in [1.807, 2.05) is 25.1 Å². The number of thiazole rings is 1. The van der Waals surface area contributed by atoms with Crippen LogP contribution in [-0.2, 0) is 13.0 Å². The largest absolute Gasteiger partial charge is 0.497 e. The molecule has 6 nitrogen and oxygen atoms in total. The SMILES string of the molecule is CCNC(=NCc1ccc(OC)cc1OC)NCCCCc1nc(C)cs1. The van der Waals surface area contributed by atoms with Crippen LogP contribution in [0.4, 0.5) is 0 Å². The minimum atomic E-state index is 0.543. The maximum atomic E-state index is 5.44. The summed E-state index contributed by atoms with van der Waals surface area (Å²) in [6, 6.07) is 5.79. The molecule has 148 valence electrons. The number of rotatable bonds is 10. The highest BCUT2D eigenvalue weighted by Gasteiger charge is 2.05. The first kappa shape index (κ1) is 21.0. The van der Waals surface area contributed by atoms with E-state index in [2.05, 4.69) is 32.9 Å². The third-order valence-corrected chi connectivity index (χ3v) is 5.05. The van der Waals surface area contributed by atoms with Crippen LogP contribution in [-0.4, -0.2) is 38.3 Å². The van der Waals surface area contributed by atoms with Crippen LogP contribution in [0.3, 0.4) is 0 Å². The Morgan fingerprint density at radius 3 is 2.70 bits per heavy atom. The summed E-state index contributed by atoms with van der Waals surface area (Å²) in [6.45, 7) is 6.36. The molecule has 1 aromatic carbocycles. The lowest BCUT2D eigenvalue weighted by atomic mass is 10.2. The number of hydrogen-bond acceptors (Lipinski definition) is 5. The maximum Gasteiger partial charge on any atom is 0.191 e. The predicted molar refractivity (Wildman–Crippen MR) is 112 cm³/mol. The van der Waals surface area contributed by atoms with Crippen LogP contribution < -0.4 is 20.1 Å². The Morgan fingerprint density at radius 1 is 1.19 bits per heavy atom. The van der Waals surface area contributed by atoms with Gasteiger partial charge in [-0.1, -0.05) is 0 Å². The maximum absolute atomic E-state index is 5.44. The molecule has 0 bridgehead atoms. The summed E-state index contributed by atoms with van der Waals surface area (Å²) in [6.07, 6.45) is 3.23. The topological polar surface area (TPSA) is 67.8 Å². The number of aromatic nitrogens is 1. The van der Waals surface area contributed by atoms with Crippen LogP contribution in [0.5, 0.6) is 11.5 Å². The summed E-state index contributed by atoms with van der Waals surface area (Å²) in [5, 5.41) is 10.0. The molecule has 0 aliphatic carbocycles. The van der Waals surface area contributed by atoms with Crippen molar-refractivity contribution in [2.45, 2.75) is 39.7 Å². The van der Waals surface area contributed by atoms with Gasteiger partial charge in [-0.2, -0.15) is 0 Å². The highest BCUT2D eigenvalue weighted by molar-refractivity contribution is 7.09. The molecule has 0 radical (unpaired) electrons. The molecule has 0 saturated carbocycles. The molecule has 0 saturated heterocycles. The van der Waals surface area contributed by atoms with E-state index in [0.29, 0.717) is 6.54 Å². The zero-order chi connectivity index (χ0) is 19.5. The molecule has 0 amide bonds. The van der Waals surface area contributed by atoms with E-state index in [9.17, 15) is 0 Å². The average Bonchev–Trinajstić information content (AvgIpc) is 3.10. The number of unbranched alkanes of at least 4 members (excludes halogenated alkanes) is 1. The fourth-order valence-electron chi connectivity index (χ4n) is 2.61. The van der Waals surface area contributed by atoms with Gasteiger partial charge in [-0.05, 0) is 45.2 Å². The van der Waals surface area contributed by atoms with Gasteiger partial charge in [-0.25, -0.2) is 9.98 Å². The van der Waals surface area contributed by atoms with Crippen molar-refractivity contribution >= 4 is 17.3 Å². The van der Waals surface area contributed by atoms with Gasteiger partial charge in [0.05, 0.1) is 25.8 Å². The third-order valence-electron chi connectivity index (χ3n) is 4.02. The highest BCUT2D eigenvalue weighted by atomic mass is 32.1. The molecule has 0 unspecified atom stereocenters. The summed E-state index contributed by atoms with van der Waals surface area (Å²) in [5.41, 5.74) is 2.14. The molecule has 1 heterocycles. The van der Waals surface area contributed by atoms with Crippen molar-refractivity contribution < 1.29 is 9.47 Å². The molecular formula is C20H30N4O2S. The van der Waals surface area contributed by atoms with Crippen LogP contribution in [0.15, 0.2) is 28.6 Å². The first-order valence-electron chi connectivity index (χ1n) is 9.30. The quantitative estimate of drug-likeness (QED) is 0.369. The lowest BCUT2D eigenvalue weighted by Crippen LogP contribution is -2.37. The van der Waals surface area contributed by atoms with Crippen molar-refractivity contribution in [3.05, 3.63) is 39.8 Å². The molecule has 7 heteroatoms. The van der Waals surface area contributed by atoms with Gasteiger partial charge in [-0.3, -0.25) is 0 Å². The number of guanidine groups is 1. The van der Waals surface area contributed by atoms with E-state index in [1.165, 1.54) is 5.01 Å². The Bertz CT molecular complexity index is 731. The van der Waals surface area contributed by atoms with Crippen LogP contribution in [0.2, 0.25) is 0 Å². The van der Waals surface area contributed by atoms with Crippen LogP contribution in [0.25, 0.3) is 0 Å². The van der Waals surface area contributed by atoms with Crippen LogP contribution >= 0.6 is 11.3 Å². The lowest BCUT2D eigenvalue weighted by molar-refractivity contribution is 0.391. The van der Waals surface area contributed by atoms with E-state index in [4.69, 9.17) is 9.47 Å². The van der Waals surface area contributed by atoms with Gasteiger partial charge in [0.25, 0.3) is 0 Å². The van der Waals surface area contributed by atoms with Crippen molar-refractivity contribution in [3.8, 4) is 11.5 Å². The van der Waals surface area contributed by atoms with Gasteiger partial charge in [0.2, 0.25) is 0 Å². The third kappa shape index (κ3) is 7.09. The minimum Gasteiger partial charge on any atom is -0.497 e. The fraction of sp³-hybridized carbons (Fsp3) is 0.500. The zero-order valence-corrected chi connectivity index (χ0v) is 17.5. The van der Waals surface area contributed by atoms with Gasteiger partial charge in [0, 0.05) is 35.8 Å². The fourth-order valence-corrected chi connectivity index (χ4v) is 3.43. The summed E-state index contributed by atoms with van der Waals surface area (Å²) < 4.78 is 10.7. The minimum absolute atomic E-state index is 0.543. The molecule has 0 aliphatic heterocycles. The smallest absolute Gasteiger partial charge is 0.191 e. The number of nitrogens with one attached hydrogen (secondary N) is 2. The van der Waals surface area contributed by atoms with Crippen molar-refractivity contribution in [2.75, 3.05) is 27.3 Å². The molecule has 2 aromatic rings.